The van der Waals surface area contributed by atoms with Gasteiger partial charge in [0.25, 0.3) is 0 Å². The Hall–Kier alpha value is -2.50. The third-order valence-electron chi connectivity index (χ3n) is 4.44. The first-order valence-corrected chi connectivity index (χ1v) is 10.9. The number of benzene rings is 4. The molecule has 0 bridgehead atoms. The molecule has 0 saturated heterocycles. The van der Waals surface area contributed by atoms with Crippen molar-refractivity contribution in [3.05, 3.63) is 91.0 Å². The fourth-order valence-electron chi connectivity index (χ4n) is 3.37. The molecule has 114 valence electrons. The van der Waals surface area contributed by atoms with Crippen molar-refractivity contribution in [2.75, 3.05) is 0 Å². The number of hydrogen-bond donors (Lipinski definition) is 0. The van der Waals surface area contributed by atoms with Crippen LogP contribution in [0.5, 0.6) is 11.5 Å². The zero-order valence-corrected chi connectivity index (χ0v) is 14.9. The zero-order valence-electron chi connectivity index (χ0n) is 13.0. The quantitative estimate of drug-likeness (QED) is 0.411. The fraction of sp³-hybridized carbons (Fsp3) is 0. The molecule has 1 heterocycles. The standard InChI is InChI=1S/C22H15AsO/c1-2-10-17-16(8-1)9-7-13-18(17)23-19-11-3-5-14-21(19)24-22-15-6-4-12-20(22)23/h1-15H. The second-order valence-electron chi connectivity index (χ2n) is 5.87. The van der Waals surface area contributed by atoms with Crippen molar-refractivity contribution < 1.29 is 4.74 Å². The molecule has 1 nitrogen and oxygen atoms in total. The SMILES string of the molecule is c1ccc2c(c1)Oc1ccccc1[As]2c1cccc2ccccc12. The van der Waals surface area contributed by atoms with E-state index in [9.17, 15) is 0 Å². The third kappa shape index (κ3) is 2.09. The minimum atomic E-state index is -1.64. The maximum absolute atomic E-state index is 6.18. The molecule has 0 N–H and O–H groups in total. The van der Waals surface area contributed by atoms with Gasteiger partial charge >= 0.3 is 146 Å². The first-order chi connectivity index (χ1) is 11.9. The predicted molar refractivity (Wildman–Crippen MR) is 102 cm³/mol. The van der Waals surface area contributed by atoms with Gasteiger partial charge in [-0.25, -0.2) is 0 Å². The van der Waals surface area contributed by atoms with Crippen molar-refractivity contribution in [3.8, 4) is 11.5 Å². The Morgan fingerprint density at radius 1 is 0.500 bits per heavy atom. The van der Waals surface area contributed by atoms with Crippen LogP contribution in [-0.4, -0.2) is 14.7 Å². The van der Waals surface area contributed by atoms with Crippen molar-refractivity contribution >= 4 is 38.5 Å². The molecule has 1 aliphatic rings. The van der Waals surface area contributed by atoms with Crippen molar-refractivity contribution in [2.24, 2.45) is 0 Å². The Morgan fingerprint density at radius 3 is 1.79 bits per heavy atom. The molecule has 0 saturated carbocycles. The summed E-state index contributed by atoms with van der Waals surface area (Å²) in [5.74, 6) is 2.04. The number of para-hydroxylation sites is 2. The van der Waals surface area contributed by atoms with E-state index < -0.39 is 14.7 Å². The molecule has 0 aromatic heterocycles. The first-order valence-electron chi connectivity index (χ1n) is 8.06. The van der Waals surface area contributed by atoms with Crippen molar-refractivity contribution in [3.63, 3.8) is 0 Å². The van der Waals surface area contributed by atoms with Gasteiger partial charge in [-0.1, -0.05) is 0 Å². The molecule has 2 heteroatoms. The van der Waals surface area contributed by atoms with Gasteiger partial charge in [0.2, 0.25) is 0 Å². The Morgan fingerprint density at radius 2 is 1.04 bits per heavy atom. The van der Waals surface area contributed by atoms with Crippen LogP contribution in [0.3, 0.4) is 0 Å². The molecule has 1 aliphatic heterocycles. The molecule has 0 unspecified atom stereocenters. The molecule has 0 fully saturated rings. The molecule has 0 radical (unpaired) electrons. The number of ether oxygens (including phenoxy) is 1. The summed E-state index contributed by atoms with van der Waals surface area (Å²) < 4.78 is 10.4. The first kappa shape index (κ1) is 13.9. The molecule has 0 aliphatic carbocycles. The summed E-state index contributed by atoms with van der Waals surface area (Å²) in [7, 11) is 0. The van der Waals surface area contributed by atoms with Crippen LogP contribution < -0.4 is 17.8 Å². The fourth-order valence-corrected chi connectivity index (χ4v) is 8.84. The molecule has 0 amide bonds. The zero-order chi connectivity index (χ0) is 15.9. The Kier molecular flexibility index (Phi) is 3.21. The summed E-state index contributed by atoms with van der Waals surface area (Å²) in [5.41, 5.74) is 0. The van der Waals surface area contributed by atoms with Crippen molar-refractivity contribution in [2.45, 2.75) is 0 Å². The van der Waals surface area contributed by atoms with Crippen LogP contribution in [0.2, 0.25) is 0 Å². The van der Waals surface area contributed by atoms with E-state index in [2.05, 4.69) is 91.0 Å². The number of hydrogen-bond acceptors (Lipinski definition) is 1. The molecule has 5 rings (SSSR count). The second-order valence-corrected chi connectivity index (χ2v) is 10.3. The van der Waals surface area contributed by atoms with Crippen LogP contribution in [0.1, 0.15) is 0 Å². The van der Waals surface area contributed by atoms with Gasteiger partial charge in [-0.15, -0.1) is 0 Å². The predicted octanol–water partition coefficient (Wildman–Crippen LogP) is 3.46. The van der Waals surface area contributed by atoms with E-state index in [-0.39, 0.29) is 0 Å². The van der Waals surface area contributed by atoms with Gasteiger partial charge < -0.3 is 0 Å². The van der Waals surface area contributed by atoms with Gasteiger partial charge in [-0.3, -0.25) is 0 Å². The van der Waals surface area contributed by atoms with Crippen LogP contribution >= 0.6 is 0 Å². The molecular formula is C22H15AsO. The Labute approximate surface area is 145 Å². The van der Waals surface area contributed by atoms with Gasteiger partial charge in [0.1, 0.15) is 0 Å². The van der Waals surface area contributed by atoms with Crippen LogP contribution in [-0.2, 0) is 0 Å². The summed E-state index contributed by atoms with van der Waals surface area (Å²) in [6, 6.07) is 32.4. The molecule has 4 aromatic rings. The van der Waals surface area contributed by atoms with E-state index in [4.69, 9.17) is 4.74 Å². The van der Waals surface area contributed by atoms with E-state index in [0.717, 1.165) is 11.5 Å². The Bertz CT molecular complexity index is 1000. The van der Waals surface area contributed by atoms with E-state index >= 15 is 0 Å². The van der Waals surface area contributed by atoms with E-state index in [1.54, 1.807) is 0 Å². The summed E-state index contributed by atoms with van der Waals surface area (Å²) in [4.78, 5) is 0. The van der Waals surface area contributed by atoms with Crippen molar-refractivity contribution in [1.82, 2.24) is 0 Å². The summed E-state index contributed by atoms with van der Waals surface area (Å²) >= 11 is -1.64. The third-order valence-corrected chi connectivity index (χ3v) is 9.84. The van der Waals surface area contributed by atoms with Gasteiger partial charge in [0, 0.05) is 0 Å². The van der Waals surface area contributed by atoms with Crippen LogP contribution in [0, 0.1) is 0 Å². The van der Waals surface area contributed by atoms with Crippen LogP contribution in [0.25, 0.3) is 10.8 Å². The van der Waals surface area contributed by atoms with E-state index in [1.807, 2.05) is 0 Å². The average Bonchev–Trinajstić information content (AvgIpc) is 2.66. The van der Waals surface area contributed by atoms with Gasteiger partial charge in [-0.05, 0) is 0 Å². The van der Waals surface area contributed by atoms with E-state index in [1.165, 1.54) is 23.8 Å². The van der Waals surface area contributed by atoms with Crippen LogP contribution in [0.4, 0.5) is 0 Å². The maximum atomic E-state index is 6.18. The van der Waals surface area contributed by atoms with Crippen LogP contribution in [0.15, 0.2) is 91.0 Å². The summed E-state index contributed by atoms with van der Waals surface area (Å²) in [6.45, 7) is 0. The molecule has 24 heavy (non-hydrogen) atoms. The normalized spacial score (nSPS) is 13.2. The minimum absolute atomic E-state index is 1.02. The Balaban J connectivity index is 1.84. The second kappa shape index (κ2) is 5.54. The average molecular weight is 370 g/mol. The molecule has 0 atom stereocenters. The summed E-state index contributed by atoms with van der Waals surface area (Å²) in [6.07, 6.45) is 0. The molecule has 4 aromatic carbocycles. The molecular weight excluding hydrogens is 355 g/mol. The summed E-state index contributed by atoms with van der Waals surface area (Å²) in [5, 5.41) is 2.68. The van der Waals surface area contributed by atoms with Crippen molar-refractivity contribution in [1.29, 1.82) is 0 Å². The monoisotopic (exact) mass is 370 g/mol. The number of fused-ring (bicyclic) bond motifs is 3. The van der Waals surface area contributed by atoms with Gasteiger partial charge in [-0.2, -0.15) is 0 Å². The number of rotatable bonds is 1. The molecule has 0 spiro atoms. The van der Waals surface area contributed by atoms with E-state index in [0.29, 0.717) is 0 Å². The van der Waals surface area contributed by atoms with Gasteiger partial charge in [0.05, 0.1) is 0 Å². The van der Waals surface area contributed by atoms with Gasteiger partial charge in [0.15, 0.2) is 0 Å². The topological polar surface area (TPSA) is 9.23 Å².